The fourth-order valence-corrected chi connectivity index (χ4v) is 3.98. The number of anilines is 1. The van der Waals surface area contributed by atoms with Crippen molar-refractivity contribution in [3.8, 4) is 10.6 Å². The summed E-state index contributed by atoms with van der Waals surface area (Å²) in [5.41, 5.74) is 3.30. The zero-order chi connectivity index (χ0) is 17.9. The molecule has 134 valence electrons. The second-order valence-corrected chi connectivity index (χ2v) is 7.73. The largest absolute Gasteiger partial charge is 0.353 e. The summed E-state index contributed by atoms with van der Waals surface area (Å²) in [6.45, 7) is 3.76. The zero-order valence-electron chi connectivity index (χ0n) is 14.7. The Morgan fingerprint density at radius 2 is 2.19 bits per heavy atom. The third kappa shape index (κ3) is 3.80. The number of amides is 1. The molecule has 3 aromatic rings. The Morgan fingerprint density at radius 3 is 2.96 bits per heavy atom. The second-order valence-electron chi connectivity index (χ2n) is 6.78. The van der Waals surface area contributed by atoms with E-state index in [-0.39, 0.29) is 11.9 Å². The number of nitrogens with one attached hydrogen (secondary N) is 2. The molecule has 5 nitrogen and oxygen atoms in total. The first-order valence-corrected chi connectivity index (χ1v) is 9.74. The standard InChI is InChI=1S/C20H22N4OS/c1-14-4-6-15(7-5-14)11-20(25)21-16-8-9-24(13-16)19-12-17(22-23-19)18-3-2-10-26-18/h2-7,10,12,16H,8-9,11,13H2,1H3,(H,21,25)(H,22,23)/t16-/m0/s1. The van der Waals surface area contributed by atoms with Gasteiger partial charge in [0.2, 0.25) is 5.91 Å². The summed E-state index contributed by atoms with van der Waals surface area (Å²) in [5.74, 6) is 1.03. The summed E-state index contributed by atoms with van der Waals surface area (Å²) in [6, 6.07) is 14.5. The monoisotopic (exact) mass is 366 g/mol. The number of thiophene rings is 1. The van der Waals surface area contributed by atoms with E-state index >= 15 is 0 Å². The average molecular weight is 366 g/mol. The maximum absolute atomic E-state index is 12.3. The predicted octanol–water partition coefficient (Wildman–Crippen LogP) is 3.38. The van der Waals surface area contributed by atoms with Crippen molar-refractivity contribution in [3.05, 3.63) is 59.0 Å². The van der Waals surface area contributed by atoms with Crippen LogP contribution in [0.5, 0.6) is 0 Å². The number of rotatable bonds is 5. The van der Waals surface area contributed by atoms with E-state index in [9.17, 15) is 4.79 Å². The van der Waals surface area contributed by atoms with Crippen molar-refractivity contribution in [2.45, 2.75) is 25.8 Å². The number of carbonyl (C=O) groups is 1. The van der Waals surface area contributed by atoms with E-state index in [1.807, 2.05) is 30.3 Å². The van der Waals surface area contributed by atoms with Gasteiger partial charge >= 0.3 is 0 Å². The molecule has 0 unspecified atom stereocenters. The fraction of sp³-hybridized carbons (Fsp3) is 0.300. The van der Waals surface area contributed by atoms with Crippen LogP contribution >= 0.6 is 11.3 Å². The third-order valence-corrected chi connectivity index (χ3v) is 5.62. The van der Waals surface area contributed by atoms with E-state index in [4.69, 9.17) is 0 Å². The minimum absolute atomic E-state index is 0.0852. The fourth-order valence-electron chi connectivity index (χ4n) is 3.29. The van der Waals surface area contributed by atoms with E-state index in [0.29, 0.717) is 6.42 Å². The number of hydrogen-bond donors (Lipinski definition) is 2. The first-order chi connectivity index (χ1) is 12.7. The van der Waals surface area contributed by atoms with Gasteiger partial charge in [-0.15, -0.1) is 11.3 Å². The Bertz CT molecular complexity index is 870. The minimum Gasteiger partial charge on any atom is -0.353 e. The van der Waals surface area contributed by atoms with Crippen LogP contribution in [0.4, 0.5) is 5.82 Å². The maximum atomic E-state index is 12.3. The van der Waals surface area contributed by atoms with Crippen LogP contribution < -0.4 is 10.2 Å². The summed E-state index contributed by atoms with van der Waals surface area (Å²) in [4.78, 5) is 15.7. The van der Waals surface area contributed by atoms with Crippen molar-refractivity contribution >= 4 is 23.1 Å². The average Bonchev–Trinajstić information content (AvgIpc) is 3.37. The quantitative estimate of drug-likeness (QED) is 0.728. The Labute approximate surface area is 157 Å². The van der Waals surface area contributed by atoms with Gasteiger partial charge < -0.3 is 10.2 Å². The number of hydrogen-bond acceptors (Lipinski definition) is 4. The van der Waals surface area contributed by atoms with Crippen molar-refractivity contribution in [3.63, 3.8) is 0 Å². The van der Waals surface area contributed by atoms with Crippen LogP contribution in [0.3, 0.4) is 0 Å². The van der Waals surface area contributed by atoms with Gasteiger partial charge in [-0.1, -0.05) is 35.9 Å². The van der Waals surface area contributed by atoms with E-state index in [2.05, 4.69) is 44.9 Å². The molecule has 1 amide bonds. The summed E-state index contributed by atoms with van der Waals surface area (Å²) in [6.07, 6.45) is 1.38. The van der Waals surface area contributed by atoms with Crippen LogP contribution in [0, 0.1) is 6.92 Å². The molecule has 0 spiro atoms. The molecule has 3 heterocycles. The lowest BCUT2D eigenvalue weighted by Gasteiger charge is -2.16. The van der Waals surface area contributed by atoms with Crippen LogP contribution in [0.2, 0.25) is 0 Å². The van der Waals surface area contributed by atoms with E-state index in [1.54, 1.807) is 11.3 Å². The molecule has 2 N–H and O–H groups in total. The van der Waals surface area contributed by atoms with Crippen molar-refractivity contribution in [2.75, 3.05) is 18.0 Å². The van der Waals surface area contributed by atoms with Crippen LogP contribution in [-0.2, 0) is 11.2 Å². The molecule has 1 aliphatic heterocycles. The Kier molecular flexibility index (Phi) is 4.75. The maximum Gasteiger partial charge on any atom is 0.224 e. The lowest BCUT2D eigenvalue weighted by atomic mass is 10.1. The molecule has 1 atom stereocenters. The third-order valence-electron chi connectivity index (χ3n) is 4.71. The van der Waals surface area contributed by atoms with Crippen molar-refractivity contribution in [2.24, 2.45) is 0 Å². The summed E-state index contributed by atoms with van der Waals surface area (Å²) < 4.78 is 0. The lowest BCUT2D eigenvalue weighted by Crippen LogP contribution is -2.38. The van der Waals surface area contributed by atoms with E-state index in [1.165, 1.54) is 10.4 Å². The molecule has 0 radical (unpaired) electrons. The van der Waals surface area contributed by atoms with Crippen LogP contribution in [0.25, 0.3) is 10.6 Å². The molecule has 26 heavy (non-hydrogen) atoms. The molecule has 0 aliphatic carbocycles. The highest BCUT2D eigenvalue weighted by Gasteiger charge is 2.25. The molecular formula is C20H22N4OS. The van der Waals surface area contributed by atoms with Crippen molar-refractivity contribution in [1.29, 1.82) is 0 Å². The second kappa shape index (κ2) is 7.33. The van der Waals surface area contributed by atoms with Crippen LogP contribution in [0.15, 0.2) is 47.8 Å². The first-order valence-electron chi connectivity index (χ1n) is 8.86. The number of aromatic amines is 1. The highest BCUT2D eigenvalue weighted by molar-refractivity contribution is 7.13. The van der Waals surface area contributed by atoms with Crippen LogP contribution in [-0.4, -0.2) is 35.2 Å². The van der Waals surface area contributed by atoms with Gasteiger partial charge in [0.15, 0.2) is 5.82 Å². The van der Waals surface area contributed by atoms with Crippen molar-refractivity contribution in [1.82, 2.24) is 15.5 Å². The van der Waals surface area contributed by atoms with Crippen molar-refractivity contribution < 1.29 is 4.79 Å². The molecule has 4 rings (SSSR count). The molecule has 1 saturated heterocycles. The number of aromatic nitrogens is 2. The number of benzene rings is 1. The molecular weight excluding hydrogens is 344 g/mol. The molecule has 1 fully saturated rings. The highest BCUT2D eigenvalue weighted by Crippen LogP contribution is 2.27. The van der Waals surface area contributed by atoms with E-state index < -0.39 is 0 Å². The first kappa shape index (κ1) is 16.8. The predicted molar refractivity (Wildman–Crippen MR) is 106 cm³/mol. The molecule has 6 heteroatoms. The van der Waals surface area contributed by atoms with E-state index in [0.717, 1.165) is 36.6 Å². The smallest absolute Gasteiger partial charge is 0.224 e. The minimum atomic E-state index is 0.0852. The Balaban J connectivity index is 1.32. The Morgan fingerprint density at radius 1 is 1.35 bits per heavy atom. The number of nitrogens with zero attached hydrogens (tertiary/aromatic N) is 2. The molecule has 0 saturated carbocycles. The molecule has 2 aromatic heterocycles. The van der Waals surface area contributed by atoms with Gasteiger partial charge in [0.1, 0.15) is 0 Å². The number of H-pyrrole nitrogens is 1. The van der Waals surface area contributed by atoms with Gasteiger partial charge in [-0.2, -0.15) is 5.10 Å². The SMILES string of the molecule is Cc1ccc(CC(=O)N[C@H]2CCN(c3cc(-c4cccs4)[nH]n3)C2)cc1. The van der Waals surface area contributed by atoms with Gasteiger partial charge in [-0.05, 0) is 30.4 Å². The summed E-state index contributed by atoms with van der Waals surface area (Å²) >= 11 is 1.70. The molecule has 0 bridgehead atoms. The van der Waals surface area contributed by atoms with Gasteiger partial charge in [-0.3, -0.25) is 9.89 Å². The van der Waals surface area contributed by atoms with Crippen LogP contribution in [0.1, 0.15) is 17.5 Å². The molecule has 1 aliphatic rings. The van der Waals surface area contributed by atoms with Gasteiger partial charge in [-0.25, -0.2) is 0 Å². The normalized spacial score (nSPS) is 16.8. The summed E-state index contributed by atoms with van der Waals surface area (Å²) in [5, 5.41) is 12.8. The lowest BCUT2D eigenvalue weighted by molar-refractivity contribution is -0.121. The Hall–Kier alpha value is -2.60. The van der Waals surface area contributed by atoms with Gasteiger partial charge in [0, 0.05) is 25.2 Å². The molecule has 1 aromatic carbocycles. The summed E-state index contributed by atoms with van der Waals surface area (Å²) in [7, 11) is 0. The van der Waals surface area contributed by atoms with Gasteiger partial charge in [0.25, 0.3) is 0 Å². The zero-order valence-corrected chi connectivity index (χ0v) is 15.6. The highest BCUT2D eigenvalue weighted by atomic mass is 32.1. The number of aryl methyl sites for hydroxylation is 1. The van der Waals surface area contributed by atoms with Gasteiger partial charge in [0.05, 0.1) is 17.0 Å². The number of carbonyl (C=O) groups excluding carboxylic acids is 1. The topological polar surface area (TPSA) is 61.0 Å².